The minimum absolute atomic E-state index is 0.483. The number of rotatable bonds is 5. The number of fused-ring (bicyclic) bond motifs is 1. The Labute approximate surface area is 98.1 Å². The highest BCUT2D eigenvalue weighted by molar-refractivity contribution is 4.87. The van der Waals surface area contributed by atoms with Gasteiger partial charge in [0.05, 0.1) is 25.9 Å². The van der Waals surface area contributed by atoms with Crippen LogP contribution in [-0.2, 0) is 9.47 Å². The predicted octanol–water partition coefficient (Wildman–Crippen LogP) is 0.605. The molecule has 2 N–H and O–H groups in total. The first-order valence-corrected chi connectivity index (χ1v) is 6.55. The van der Waals surface area contributed by atoms with Crippen LogP contribution >= 0.6 is 0 Å². The maximum Gasteiger partial charge on any atom is 0.0730 e. The zero-order valence-electron chi connectivity index (χ0n) is 10.1. The SMILES string of the molecule is NCCOCCN1CCOC2CCCCC21. The van der Waals surface area contributed by atoms with Crippen molar-refractivity contribution in [1.82, 2.24) is 4.90 Å². The molecular weight excluding hydrogens is 204 g/mol. The van der Waals surface area contributed by atoms with Crippen molar-refractivity contribution in [2.45, 2.75) is 37.8 Å². The first-order chi connectivity index (χ1) is 7.92. The minimum Gasteiger partial charge on any atom is -0.379 e. The smallest absolute Gasteiger partial charge is 0.0730 e. The van der Waals surface area contributed by atoms with Crippen LogP contribution in [0.25, 0.3) is 0 Å². The summed E-state index contributed by atoms with van der Waals surface area (Å²) in [4.78, 5) is 2.55. The molecular formula is C12H24N2O2. The fourth-order valence-corrected chi connectivity index (χ4v) is 2.82. The van der Waals surface area contributed by atoms with Crippen molar-refractivity contribution < 1.29 is 9.47 Å². The normalized spacial score (nSPS) is 31.3. The second kappa shape index (κ2) is 6.55. The summed E-state index contributed by atoms with van der Waals surface area (Å²) in [6.45, 7) is 5.09. The molecule has 0 spiro atoms. The van der Waals surface area contributed by atoms with E-state index >= 15 is 0 Å². The van der Waals surface area contributed by atoms with Crippen LogP contribution in [0.3, 0.4) is 0 Å². The van der Waals surface area contributed by atoms with Gasteiger partial charge in [-0.15, -0.1) is 0 Å². The number of hydrogen-bond acceptors (Lipinski definition) is 4. The second-order valence-corrected chi connectivity index (χ2v) is 4.70. The first-order valence-electron chi connectivity index (χ1n) is 6.55. The van der Waals surface area contributed by atoms with Crippen LogP contribution < -0.4 is 5.73 Å². The molecule has 4 nitrogen and oxygen atoms in total. The minimum atomic E-state index is 0.483. The van der Waals surface area contributed by atoms with E-state index in [4.69, 9.17) is 15.2 Å². The monoisotopic (exact) mass is 228 g/mol. The Morgan fingerprint density at radius 1 is 1.25 bits per heavy atom. The quantitative estimate of drug-likeness (QED) is 0.700. The molecule has 0 bridgehead atoms. The number of morpholine rings is 1. The predicted molar refractivity (Wildman–Crippen MR) is 63.4 cm³/mol. The molecule has 2 aliphatic rings. The fourth-order valence-electron chi connectivity index (χ4n) is 2.82. The van der Waals surface area contributed by atoms with E-state index in [1.54, 1.807) is 0 Å². The molecule has 1 aliphatic carbocycles. The third-order valence-corrected chi connectivity index (χ3v) is 3.63. The molecule has 2 fully saturated rings. The number of nitrogens with two attached hydrogens (primary N) is 1. The van der Waals surface area contributed by atoms with Gasteiger partial charge in [-0.1, -0.05) is 12.8 Å². The molecule has 0 amide bonds. The van der Waals surface area contributed by atoms with Gasteiger partial charge < -0.3 is 15.2 Å². The average Bonchev–Trinajstić information content (AvgIpc) is 2.35. The van der Waals surface area contributed by atoms with Gasteiger partial charge in [-0.05, 0) is 12.8 Å². The average molecular weight is 228 g/mol. The molecule has 0 aromatic rings. The maximum absolute atomic E-state index is 5.84. The summed E-state index contributed by atoms with van der Waals surface area (Å²) in [7, 11) is 0. The molecule has 2 unspecified atom stereocenters. The highest BCUT2D eigenvalue weighted by atomic mass is 16.5. The van der Waals surface area contributed by atoms with Crippen LogP contribution in [0.5, 0.6) is 0 Å². The summed E-state index contributed by atoms with van der Waals surface area (Å²) in [6.07, 6.45) is 5.70. The van der Waals surface area contributed by atoms with Crippen LogP contribution in [0, 0.1) is 0 Å². The lowest BCUT2D eigenvalue weighted by Gasteiger charge is -2.43. The number of hydrogen-bond donors (Lipinski definition) is 1. The van der Waals surface area contributed by atoms with Gasteiger partial charge in [0.2, 0.25) is 0 Å². The molecule has 0 radical (unpaired) electrons. The molecule has 1 aliphatic heterocycles. The zero-order valence-corrected chi connectivity index (χ0v) is 10.1. The summed E-state index contributed by atoms with van der Waals surface area (Å²) < 4.78 is 11.3. The molecule has 2 rings (SSSR count). The lowest BCUT2D eigenvalue weighted by molar-refractivity contribution is -0.0931. The number of nitrogens with zero attached hydrogens (tertiary/aromatic N) is 1. The van der Waals surface area contributed by atoms with Gasteiger partial charge in [0.15, 0.2) is 0 Å². The van der Waals surface area contributed by atoms with Crippen molar-refractivity contribution in [1.29, 1.82) is 0 Å². The number of ether oxygens (including phenoxy) is 2. The molecule has 2 atom stereocenters. The van der Waals surface area contributed by atoms with Gasteiger partial charge in [0.1, 0.15) is 0 Å². The Hall–Kier alpha value is -0.160. The largest absolute Gasteiger partial charge is 0.379 e. The standard InChI is InChI=1S/C12H24N2O2/c13-5-8-15-9-6-14-7-10-16-12-4-2-1-3-11(12)14/h11-12H,1-10,13H2. The van der Waals surface area contributed by atoms with Crippen LogP contribution in [-0.4, -0.2) is 56.5 Å². The van der Waals surface area contributed by atoms with Crippen LogP contribution in [0.15, 0.2) is 0 Å². The molecule has 16 heavy (non-hydrogen) atoms. The van der Waals surface area contributed by atoms with E-state index < -0.39 is 0 Å². The van der Waals surface area contributed by atoms with Gasteiger partial charge in [-0.3, -0.25) is 4.90 Å². The van der Waals surface area contributed by atoms with E-state index in [9.17, 15) is 0 Å². The lowest BCUT2D eigenvalue weighted by atomic mass is 9.90. The van der Waals surface area contributed by atoms with E-state index in [1.807, 2.05) is 0 Å². The Bertz CT molecular complexity index is 199. The maximum atomic E-state index is 5.84. The molecule has 94 valence electrons. The van der Waals surface area contributed by atoms with E-state index in [0.29, 0.717) is 25.3 Å². The molecule has 1 saturated carbocycles. The molecule has 1 saturated heterocycles. The van der Waals surface area contributed by atoms with Crippen molar-refractivity contribution >= 4 is 0 Å². The Morgan fingerprint density at radius 3 is 3.00 bits per heavy atom. The van der Waals surface area contributed by atoms with Gasteiger partial charge >= 0.3 is 0 Å². The molecule has 0 aromatic heterocycles. The third kappa shape index (κ3) is 3.17. The van der Waals surface area contributed by atoms with Crippen molar-refractivity contribution in [3.63, 3.8) is 0 Å². The summed E-state index contributed by atoms with van der Waals surface area (Å²) in [5.74, 6) is 0. The van der Waals surface area contributed by atoms with Gasteiger partial charge in [0, 0.05) is 25.7 Å². The van der Waals surface area contributed by atoms with Crippen molar-refractivity contribution in [3.8, 4) is 0 Å². The Morgan fingerprint density at radius 2 is 2.12 bits per heavy atom. The molecule has 1 heterocycles. The van der Waals surface area contributed by atoms with Gasteiger partial charge in [-0.2, -0.15) is 0 Å². The Balaban J connectivity index is 1.74. The first kappa shape index (κ1) is 12.3. The van der Waals surface area contributed by atoms with Crippen molar-refractivity contribution in [3.05, 3.63) is 0 Å². The molecule has 0 aromatic carbocycles. The Kier molecular flexibility index (Phi) is 5.03. The molecule has 4 heteroatoms. The van der Waals surface area contributed by atoms with Crippen molar-refractivity contribution in [2.75, 3.05) is 39.5 Å². The highest BCUT2D eigenvalue weighted by Gasteiger charge is 2.33. The third-order valence-electron chi connectivity index (χ3n) is 3.63. The summed E-state index contributed by atoms with van der Waals surface area (Å²) in [5, 5.41) is 0. The van der Waals surface area contributed by atoms with Gasteiger partial charge in [-0.25, -0.2) is 0 Å². The highest BCUT2D eigenvalue weighted by Crippen LogP contribution is 2.27. The van der Waals surface area contributed by atoms with Gasteiger partial charge in [0.25, 0.3) is 0 Å². The zero-order chi connectivity index (χ0) is 11.2. The fraction of sp³-hybridized carbons (Fsp3) is 1.00. The summed E-state index contributed by atoms with van der Waals surface area (Å²) in [6, 6.07) is 0.643. The lowest BCUT2D eigenvalue weighted by Crippen LogP contribution is -2.53. The van der Waals surface area contributed by atoms with E-state index in [2.05, 4.69) is 4.90 Å². The van der Waals surface area contributed by atoms with E-state index in [1.165, 1.54) is 25.7 Å². The van der Waals surface area contributed by atoms with E-state index in [0.717, 1.165) is 26.3 Å². The van der Waals surface area contributed by atoms with Crippen molar-refractivity contribution in [2.24, 2.45) is 5.73 Å². The van der Waals surface area contributed by atoms with E-state index in [-0.39, 0.29) is 0 Å². The summed E-state index contributed by atoms with van der Waals surface area (Å²) >= 11 is 0. The van der Waals surface area contributed by atoms with Crippen LogP contribution in [0.1, 0.15) is 25.7 Å². The summed E-state index contributed by atoms with van der Waals surface area (Å²) in [5.41, 5.74) is 5.40. The topological polar surface area (TPSA) is 47.7 Å². The second-order valence-electron chi connectivity index (χ2n) is 4.70. The van der Waals surface area contributed by atoms with Crippen LogP contribution in [0.4, 0.5) is 0 Å². The van der Waals surface area contributed by atoms with Crippen LogP contribution in [0.2, 0.25) is 0 Å².